The molecule has 8 heteroatoms. The molecular formula is C10H18F3NO4. The zero-order chi connectivity index (χ0) is 13.9. The normalized spacial score (nSPS) is 11.6. The number of amides is 1. The van der Waals surface area contributed by atoms with Crippen LogP contribution in [0, 0.1) is 0 Å². The van der Waals surface area contributed by atoms with E-state index in [0.717, 1.165) is 0 Å². The molecule has 0 aliphatic carbocycles. The lowest BCUT2D eigenvalue weighted by atomic mass is 10.4. The van der Waals surface area contributed by atoms with Crippen LogP contribution < -0.4 is 5.32 Å². The van der Waals surface area contributed by atoms with Crippen molar-refractivity contribution in [1.29, 1.82) is 0 Å². The molecule has 0 atom stereocenters. The molecule has 0 heterocycles. The molecule has 0 unspecified atom stereocenters. The summed E-state index contributed by atoms with van der Waals surface area (Å²) in [5.41, 5.74) is 0. The topological polar surface area (TPSA) is 67.8 Å². The third-order valence-corrected chi connectivity index (χ3v) is 1.76. The summed E-state index contributed by atoms with van der Waals surface area (Å²) in [7, 11) is 0. The molecule has 0 spiro atoms. The van der Waals surface area contributed by atoms with Gasteiger partial charge in [-0.2, -0.15) is 13.2 Å². The highest BCUT2D eigenvalue weighted by Crippen LogP contribution is 2.14. The molecule has 1 amide bonds. The van der Waals surface area contributed by atoms with Crippen LogP contribution in [0.1, 0.15) is 12.8 Å². The van der Waals surface area contributed by atoms with E-state index < -0.39 is 12.8 Å². The molecular weight excluding hydrogens is 255 g/mol. The Morgan fingerprint density at radius 1 is 1.17 bits per heavy atom. The van der Waals surface area contributed by atoms with Crippen LogP contribution >= 0.6 is 0 Å². The van der Waals surface area contributed by atoms with Gasteiger partial charge in [-0.1, -0.05) is 0 Å². The number of hydrogen-bond acceptors (Lipinski definition) is 4. The lowest BCUT2D eigenvalue weighted by molar-refractivity contribution is -0.174. The number of alkyl halides is 3. The molecule has 5 nitrogen and oxygen atoms in total. The molecule has 0 saturated carbocycles. The second-order valence-electron chi connectivity index (χ2n) is 3.46. The molecule has 0 aromatic carbocycles. The predicted octanol–water partition coefficient (Wildman–Crippen LogP) is 0.471. The lowest BCUT2D eigenvalue weighted by Gasteiger charge is -2.08. The minimum Gasteiger partial charge on any atom is -0.394 e. The van der Waals surface area contributed by atoms with E-state index in [0.29, 0.717) is 19.6 Å². The second kappa shape index (κ2) is 10.1. The summed E-state index contributed by atoms with van der Waals surface area (Å²) in [5, 5.41) is 10.9. The summed E-state index contributed by atoms with van der Waals surface area (Å²) in [4.78, 5) is 11.1. The molecule has 0 aliphatic rings. The van der Waals surface area contributed by atoms with Crippen LogP contribution in [0.5, 0.6) is 0 Å². The number of halogens is 3. The average molecular weight is 273 g/mol. The summed E-state index contributed by atoms with van der Waals surface area (Å²) in [6.07, 6.45) is -3.89. The van der Waals surface area contributed by atoms with E-state index in [2.05, 4.69) is 10.1 Å². The van der Waals surface area contributed by atoms with Gasteiger partial charge in [-0.3, -0.25) is 4.79 Å². The minimum atomic E-state index is -4.36. The minimum absolute atomic E-state index is 0.0527. The van der Waals surface area contributed by atoms with Crippen molar-refractivity contribution >= 4 is 5.91 Å². The summed E-state index contributed by atoms with van der Waals surface area (Å²) in [6, 6.07) is 0. The predicted molar refractivity (Wildman–Crippen MR) is 57.0 cm³/mol. The highest BCUT2D eigenvalue weighted by atomic mass is 19.4. The van der Waals surface area contributed by atoms with Gasteiger partial charge in [0.1, 0.15) is 6.61 Å². The summed E-state index contributed by atoms with van der Waals surface area (Å²) >= 11 is 0. The van der Waals surface area contributed by atoms with Crippen LogP contribution in [-0.2, 0) is 14.3 Å². The molecule has 0 radical (unpaired) electrons. The fraction of sp³-hybridized carbons (Fsp3) is 0.900. The SMILES string of the molecule is O=C(CCOCC(F)(F)F)NCCCOCCO. The van der Waals surface area contributed by atoms with E-state index in [1.807, 2.05) is 0 Å². The highest BCUT2D eigenvalue weighted by molar-refractivity contribution is 5.75. The summed E-state index contributed by atoms with van der Waals surface area (Å²) in [5.74, 6) is -0.362. The lowest BCUT2D eigenvalue weighted by Crippen LogP contribution is -2.27. The third kappa shape index (κ3) is 13.2. The Balaban J connectivity index is 3.28. The maximum Gasteiger partial charge on any atom is 0.411 e. The Bertz CT molecular complexity index is 224. The maximum atomic E-state index is 11.7. The van der Waals surface area contributed by atoms with Gasteiger partial charge in [0.25, 0.3) is 0 Å². The van der Waals surface area contributed by atoms with Crippen LogP contribution in [-0.4, -0.2) is 56.8 Å². The Morgan fingerprint density at radius 2 is 1.89 bits per heavy atom. The first kappa shape index (κ1) is 17.1. The van der Waals surface area contributed by atoms with E-state index in [-0.39, 0.29) is 32.1 Å². The molecule has 108 valence electrons. The number of hydrogen-bond donors (Lipinski definition) is 2. The van der Waals surface area contributed by atoms with Crippen LogP contribution in [0.25, 0.3) is 0 Å². The van der Waals surface area contributed by atoms with Crippen molar-refractivity contribution in [2.75, 3.05) is 39.6 Å². The Kier molecular flexibility index (Phi) is 9.62. The van der Waals surface area contributed by atoms with Crippen LogP contribution in [0.4, 0.5) is 13.2 Å². The van der Waals surface area contributed by atoms with Crippen LogP contribution in [0.3, 0.4) is 0 Å². The number of nitrogens with one attached hydrogen (secondary N) is 1. The van der Waals surface area contributed by atoms with Gasteiger partial charge in [-0.15, -0.1) is 0 Å². The molecule has 18 heavy (non-hydrogen) atoms. The zero-order valence-corrected chi connectivity index (χ0v) is 9.96. The zero-order valence-electron chi connectivity index (χ0n) is 9.96. The number of rotatable bonds is 10. The van der Waals surface area contributed by atoms with Crippen molar-refractivity contribution in [2.45, 2.75) is 19.0 Å². The van der Waals surface area contributed by atoms with E-state index in [1.165, 1.54) is 0 Å². The first-order valence-electron chi connectivity index (χ1n) is 5.55. The highest BCUT2D eigenvalue weighted by Gasteiger charge is 2.27. The Labute approximate surface area is 103 Å². The smallest absolute Gasteiger partial charge is 0.394 e. The molecule has 2 N–H and O–H groups in total. The molecule has 0 aliphatic heterocycles. The summed E-state index contributed by atoms with van der Waals surface area (Å²) in [6.45, 7) is -0.612. The molecule has 0 rings (SSSR count). The standard InChI is InChI=1S/C10H18F3NO4/c11-10(12,13)8-18-6-2-9(16)14-3-1-5-17-7-4-15/h15H,1-8H2,(H,14,16). The number of aliphatic hydroxyl groups excluding tert-OH is 1. The monoisotopic (exact) mass is 273 g/mol. The van der Waals surface area contributed by atoms with Gasteiger partial charge in [-0.25, -0.2) is 0 Å². The molecule has 0 fully saturated rings. The van der Waals surface area contributed by atoms with Crippen molar-refractivity contribution in [3.8, 4) is 0 Å². The first-order chi connectivity index (χ1) is 8.45. The second-order valence-corrected chi connectivity index (χ2v) is 3.46. The Hall–Kier alpha value is -0.860. The van der Waals surface area contributed by atoms with Crippen molar-refractivity contribution in [3.05, 3.63) is 0 Å². The average Bonchev–Trinajstić information content (AvgIpc) is 2.28. The molecule has 0 saturated heterocycles. The van der Waals surface area contributed by atoms with E-state index in [4.69, 9.17) is 9.84 Å². The first-order valence-corrected chi connectivity index (χ1v) is 5.55. The molecule has 0 bridgehead atoms. The van der Waals surface area contributed by atoms with Gasteiger partial charge in [-0.05, 0) is 6.42 Å². The van der Waals surface area contributed by atoms with Crippen molar-refractivity contribution in [2.24, 2.45) is 0 Å². The van der Waals surface area contributed by atoms with Crippen LogP contribution in [0.2, 0.25) is 0 Å². The van der Waals surface area contributed by atoms with Gasteiger partial charge in [0.15, 0.2) is 0 Å². The van der Waals surface area contributed by atoms with Crippen molar-refractivity contribution in [3.63, 3.8) is 0 Å². The quantitative estimate of drug-likeness (QED) is 0.568. The number of ether oxygens (including phenoxy) is 2. The number of aliphatic hydroxyl groups is 1. The fourth-order valence-electron chi connectivity index (χ4n) is 1.01. The third-order valence-electron chi connectivity index (χ3n) is 1.76. The number of carbonyl (C=O) groups is 1. The van der Waals surface area contributed by atoms with Crippen molar-refractivity contribution < 1.29 is 32.5 Å². The number of carbonyl (C=O) groups excluding carboxylic acids is 1. The van der Waals surface area contributed by atoms with Gasteiger partial charge in [0.05, 0.1) is 19.8 Å². The van der Waals surface area contributed by atoms with Gasteiger partial charge < -0.3 is 19.9 Å². The fourth-order valence-corrected chi connectivity index (χ4v) is 1.01. The van der Waals surface area contributed by atoms with Gasteiger partial charge in [0, 0.05) is 19.6 Å². The molecule has 0 aromatic heterocycles. The van der Waals surface area contributed by atoms with E-state index in [1.54, 1.807) is 0 Å². The molecule has 0 aromatic rings. The van der Waals surface area contributed by atoms with E-state index >= 15 is 0 Å². The van der Waals surface area contributed by atoms with E-state index in [9.17, 15) is 18.0 Å². The van der Waals surface area contributed by atoms with Crippen molar-refractivity contribution in [1.82, 2.24) is 5.32 Å². The summed E-state index contributed by atoms with van der Waals surface area (Å²) < 4.78 is 44.3. The van der Waals surface area contributed by atoms with Gasteiger partial charge >= 0.3 is 6.18 Å². The largest absolute Gasteiger partial charge is 0.411 e. The van der Waals surface area contributed by atoms with Gasteiger partial charge in [0.2, 0.25) is 5.91 Å². The Morgan fingerprint density at radius 3 is 2.50 bits per heavy atom. The van der Waals surface area contributed by atoms with Crippen LogP contribution in [0.15, 0.2) is 0 Å². The maximum absolute atomic E-state index is 11.7.